The van der Waals surface area contributed by atoms with Gasteiger partial charge in [-0.3, -0.25) is 0 Å². The van der Waals surface area contributed by atoms with Crippen LogP contribution in [0.25, 0.3) is 10.9 Å². The van der Waals surface area contributed by atoms with E-state index in [2.05, 4.69) is 23.0 Å². The van der Waals surface area contributed by atoms with Crippen LogP contribution >= 0.6 is 0 Å². The van der Waals surface area contributed by atoms with Gasteiger partial charge in [0, 0.05) is 18.1 Å². The van der Waals surface area contributed by atoms with E-state index in [-0.39, 0.29) is 5.82 Å². The van der Waals surface area contributed by atoms with Gasteiger partial charge >= 0.3 is 0 Å². The Balaban J connectivity index is 2.55. The Morgan fingerprint density at radius 3 is 2.88 bits per heavy atom. The van der Waals surface area contributed by atoms with E-state index in [9.17, 15) is 4.39 Å². The number of hydrogen-bond donors (Lipinski definition) is 1. The number of benzene rings is 1. The first-order chi connectivity index (χ1) is 7.77. The van der Waals surface area contributed by atoms with E-state index >= 15 is 0 Å². The molecule has 2 nitrogen and oxygen atoms in total. The van der Waals surface area contributed by atoms with E-state index in [1.807, 2.05) is 13.1 Å². The number of rotatable bonds is 4. The van der Waals surface area contributed by atoms with Gasteiger partial charge in [-0.1, -0.05) is 6.07 Å². The predicted octanol–water partition coefficient (Wildman–Crippen LogP) is 2.56. The maximum absolute atomic E-state index is 13.8. The van der Waals surface area contributed by atoms with Crippen molar-refractivity contribution in [3.8, 4) is 0 Å². The predicted molar refractivity (Wildman–Crippen MR) is 65.2 cm³/mol. The molecule has 0 atom stereocenters. The zero-order valence-corrected chi connectivity index (χ0v) is 9.76. The van der Waals surface area contributed by atoms with Crippen LogP contribution in [0.5, 0.6) is 0 Å². The number of nitrogens with zero attached hydrogens (tertiary/aromatic N) is 1. The molecule has 1 heterocycles. The van der Waals surface area contributed by atoms with Gasteiger partial charge in [0.2, 0.25) is 0 Å². The van der Waals surface area contributed by atoms with Crippen molar-refractivity contribution in [2.45, 2.75) is 19.9 Å². The van der Waals surface area contributed by atoms with Crippen molar-refractivity contribution in [2.24, 2.45) is 0 Å². The zero-order chi connectivity index (χ0) is 11.5. The monoisotopic (exact) mass is 220 g/mol. The highest BCUT2D eigenvalue weighted by molar-refractivity contribution is 5.84. The second kappa shape index (κ2) is 4.66. The minimum Gasteiger partial charge on any atom is -0.347 e. The SMILES string of the molecule is CCn1cc(CCNC)c2c(F)cccc21. The summed E-state index contributed by atoms with van der Waals surface area (Å²) in [6, 6.07) is 5.28. The molecule has 1 aromatic heterocycles. The summed E-state index contributed by atoms with van der Waals surface area (Å²) in [5.41, 5.74) is 2.08. The van der Waals surface area contributed by atoms with Crippen molar-refractivity contribution in [2.75, 3.05) is 13.6 Å². The lowest BCUT2D eigenvalue weighted by molar-refractivity contribution is 0.638. The highest BCUT2D eigenvalue weighted by atomic mass is 19.1. The summed E-state index contributed by atoms with van der Waals surface area (Å²) in [5, 5.41) is 3.87. The van der Waals surface area contributed by atoms with Crippen molar-refractivity contribution in [3.05, 3.63) is 35.8 Å². The van der Waals surface area contributed by atoms with E-state index in [1.54, 1.807) is 6.07 Å². The van der Waals surface area contributed by atoms with Gasteiger partial charge in [-0.2, -0.15) is 0 Å². The minimum absolute atomic E-state index is 0.115. The van der Waals surface area contributed by atoms with Crippen molar-refractivity contribution >= 4 is 10.9 Å². The summed E-state index contributed by atoms with van der Waals surface area (Å²) in [6.45, 7) is 3.82. The third-order valence-electron chi connectivity index (χ3n) is 2.92. The Morgan fingerprint density at radius 1 is 1.38 bits per heavy atom. The molecule has 1 N–H and O–H groups in total. The molecule has 0 spiro atoms. The van der Waals surface area contributed by atoms with E-state index in [1.165, 1.54) is 6.07 Å². The summed E-state index contributed by atoms with van der Waals surface area (Å²) in [6.07, 6.45) is 2.92. The topological polar surface area (TPSA) is 17.0 Å². The van der Waals surface area contributed by atoms with Crippen molar-refractivity contribution in [3.63, 3.8) is 0 Å². The van der Waals surface area contributed by atoms with Gasteiger partial charge in [0.25, 0.3) is 0 Å². The fraction of sp³-hybridized carbons (Fsp3) is 0.385. The quantitative estimate of drug-likeness (QED) is 0.838. The van der Waals surface area contributed by atoms with Crippen LogP contribution in [-0.2, 0) is 13.0 Å². The van der Waals surface area contributed by atoms with Crippen molar-refractivity contribution < 1.29 is 4.39 Å². The summed E-state index contributed by atoms with van der Waals surface area (Å²) in [7, 11) is 1.91. The third kappa shape index (κ3) is 1.83. The Morgan fingerprint density at radius 2 is 2.19 bits per heavy atom. The maximum atomic E-state index is 13.8. The van der Waals surface area contributed by atoms with Crippen LogP contribution in [0.2, 0.25) is 0 Å². The lowest BCUT2D eigenvalue weighted by Gasteiger charge is -2.00. The first-order valence-corrected chi connectivity index (χ1v) is 5.68. The lowest BCUT2D eigenvalue weighted by Crippen LogP contribution is -2.10. The number of aromatic nitrogens is 1. The van der Waals surface area contributed by atoms with Crippen LogP contribution in [0.3, 0.4) is 0 Å². The van der Waals surface area contributed by atoms with Crippen LogP contribution < -0.4 is 5.32 Å². The van der Waals surface area contributed by atoms with Gasteiger partial charge in [0.15, 0.2) is 0 Å². The van der Waals surface area contributed by atoms with Crippen LogP contribution in [0.15, 0.2) is 24.4 Å². The number of likely N-dealkylation sites (N-methyl/N-ethyl adjacent to an activating group) is 1. The van der Waals surface area contributed by atoms with E-state index in [0.29, 0.717) is 0 Å². The van der Waals surface area contributed by atoms with Crippen LogP contribution in [0.4, 0.5) is 4.39 Å². The Bertz CT molecular complexity index is 488. The maximum Gasteiger partial charge on any atom is 0.132 e. The molecule has 0 aliphatic rings. The molecule has 0 saturated heterocycles. The number of nitrogens with one attached hydrogen (secondary N) is 1. The average Bonchev–Trinajstić information content (AvgIpc) is 2.66. The molecule has 0 fully saturated rings. The summed E-state index contributed by atoms with van der Waals surface area (Å²) in [5.74, 6) is -0.115. The van der Waals surface area contributed by atoms with Gasteiger partial charge in [0.1, 0.15) is 5.82 Å². The third-order valence-corrected chi connectivity index (χ3v) is 2.92. The molecule has 2 rings (SSSR count). The van der Waals surface area contributed by atoms with Crippen molar-refractivity contribution in [1.29, 1.82) is 0 Å². The van der Waals surface area contributed by atoms with E-state index in [0.717, 1.165) is 36.0 Å². The molecular formula is C13H17FN2. The molecule has 2 aromatic rings. The van der Waals surface area contributed by atoms with E-state index < -0.39 is 0 Å². The molecule has 0 aliphatic carbocycles. The average molecular weight is 220 g/mol. The number of fused-ring (bicyclic) bond motifs is 1. The molecule has 0 unspecified atom stereocenters. The largest absolute Gasteiger partial charge is 0.347 e. The number of halogens is 1. The fourth-order valence-electron chi connectivity index (χ4n) is 2.10. The smallest absolute Gasteiger partial charge is 0.132 e. The van der Waals surface area contributed by atoms with Gasteiger partial charge in [-0.05, 0) is 44.6 Å². The van der Waals surface area contributed by atoms with Gasteiger partial charge in [0.05, 0.1) is 5.52 Å². The summed E-state index contributed by atoms with van der Waals surface area (Å²) in [4.78, 5) is 0. The van der Waals surface area contributed by atoms with Gasteiger partial charge < -0.3 is 9.88 Å². The van der Waals surface area contributed by atoms with Crippen LogP contribution in [0, 0.1) is 5.82 Å². The Labute approximate surface area is 95.1 Å². The molecule has 0 amide bonds. The summed E-state index contributed by atoms with van der Waals surface area (Å²) >= 11 is 0. The molecule has 86 valence electrons. The lowest BCUT2D eigenvalue weighted by atomic mass is 10.1. The highest BCUT2D eigenvalue weighted by Gasteiger charge is 2.10. The Hall–Kier alpha value is -1.35. The van der Waals surface area contributed by atoms with Crippen molar-refractivity contribution in [1.82, 2.24) is 9.88 Å². The molecule has 0 bridgehead atoms. The van der Waals surface area contributed by atoms with Crippen LogP contribution in [-0.4, -0.2) is 18.2 Å². The molecule has 0 saturated carbocycles. The molecule has 0 aliphatic heterocycles. The molecule has 3 heteroatoms. The minimum atomic E-state index is -0.115. The normalized spacial score (nSPS) is 11.2. The van der Waals surface area contributed by atoms with Crippen LogP contribution in [0.1, 0.15) is 12.5 Å². The summed E-state index contributed by atoms with van der Waals surface area (Å²) < 4.78 is 15.9. The number of hydrogen-bond acceptors (Lipinski definition) is 1. The first-order valence-electron chi connectivity index (χ1n) is 5.68. The fourth-order valence-corrected chi connectivity index (χ4v) is 2.10. The standard InChI is InChI=1S/C13H17FN2/c1-3-16-9-10(7-8-15-2)13-11(14)5-4-6-12(13)16/h4-6,9,15H,3,7-8H2,1-2H3. The second-order valence-corrected chi connectivity index (χ2v) is 3.93. The van der Waals surface area contributed by atoms with E-state index in [4.69, 9.17) is 0 Å². The molecule has 1 aromatic carbocycles. The molecular weight excluding hydrogens is 203 g/mol. The molecule has 16 heavy (non-hydrogen) atoms. The first kappa shape index (κ1) is 11.1. The highest BCUT2D eigenvalue weighted by Crippen LogP contribution is 2.24. The molecule has 0 radical (unpaired) electrons. The zero-order valence-electron chi connectivity index (χ0n) is 9.76. The van der Waals surface area contributed by atoms with Gasteiger partial charge in [-0.25, -0.2) is 4.39 Å². The second-order valence-electron chi connectivity index (χ2n) is 3.93. The Kier molecular flexibility index (Phi) is 3.25. The number of aryl methyl sites for hydroxylation is 1. The van der Waals surface area contributed by atoms with Gasteiger partial charge in [-0.15, -0.1) is 0 Å².